The Balaban J connectivity index is 1.36. The Morgan fingerprint density at radius 1 is 1.00 bits per heavy atom. The van der Waals surface area contributed by atoms with Crippen LogP contribution in [-0.4, -0.2) is 51.7 Å². The van der Waals surface area contributed by atoms with Crippen LogP contribution >= 0.6 is 0 Å². The molecule has 0 spiro atoms. The normalized spacial score (nSPS) is 15.9. The highest BCUT2D eigenvalue weighted by Gasteiger charge is 2.39. The lowest BCUT2D eigenvalue weighted by Crippen LogP contribution is -2.49. The molecule has 6 rings (SSSR count). The zero-order chi connectivity index (χ0) is 29.8. The van der Waals surface area contributed by atoms with Gasteiger partial charge in [-0.15, -0.1) is 0 Å². The maximum atomic E-state index is 13.2. The number of carbonyl (C=O) groups is 1. The molecule has 3 heterocycles. The number of benzene rings is 3. The van der Waals surface area contributed by atoms with Crippen LogP contribution in [0, 0.1) is 10.1 Å². The van der Waals surface area contributed by atoms with E-state index in [2.05, 4.69) is 5.10 Å². The van der Waals surface area contributed by atoms with Gasteiger partial charge < -0.3 is 14.5 Å². The number of alkyl halides is 3. The van der Waals surface area contributed by atoms with Crippen LogP contribution in [0.15, 0.2) is 72.9 Å². The average molecular weight is 578 g/mol. The third-order valence-electron chi connectivity index (χ3n) is 7.68. The number of fused-ring (bicyclic) bond motifs is 3. The largest absolute Gasteiger partial charge is 0.482 e. The van der Waals surface area contributed by atoms with Crippen LogP contribution < -0.4 is 9.64 Å². The first kappa shape index (κ1) is 27.3. The second kappa shape index (κ2) is 9.89. The van der Waals surface area contributed by atoms with E-state index in [1.54, 1.807) is 41.4 Å². The first-order valence-electron chi connectivity index (χ1n) is 13.3. The number of piperazine rings is 1. The summed E-state index contributed by atoms with van der Waals surface area (Å²) in [4.78, 5) is 28.4. The first-order valence-corrected chi connectivity index (χ1v) is 13.3. The second-order valence-corrected chi connectivity index (χ2v) is 10.7. The number of nitro groups is 1. The molecule has 0 N–H and O–H groups in total. The molecular formula is C30H26F3N5O4. The van der Waals surface area contributed by atoms with Crippen LogP contribution in [0.3, 0.4) is 0 Å². The highest BCUT2D eigenvalue weighted by molar-refractivity contribution is 5.94. The summed E-state index contributed by atoms with van der Waals surface area (Å²) < 4.78 is 47.3. The third-order valence-corrected chi connectivity index (χ3v) is 7.68. The van der Waals surface area contributed by atoms with E-state index < -0.39 is 22.3 Å². The number of hydrogen-bond acceptors (Lipinski definition) is 6. The number of nitrogens with zero attached hydrogens (tertiary/aromatic N) is 5. The molecule has 216 valence electrons. The Bertz CT molecular complexity index is 1680. The number of carbonyl (C=O) groups excluding carboxylic acids is 1. The summed E-state index contributed by atoms with van der Waals surface area (Å²) in [5.41, 5.74) is 1.08. The Morgan fingerprint density at radius 3 is 2.29 bits per heavy atom. The molecule has 2 aliphatic heterocycles. The van der Waals surface area contributed by atoms with Gasteiger partial charge in [-0.25, -0.2) is 4.68 Å². The Kier molecular flexibility index (Phi) is 6.43. The standard InChI is InChI=1S/C30H26F3N5O4/c1-29(2)23-18-34-37(21-10-8-20(9-11-21)30(31,32)33)27(23)22-16-25(38(40)41)24(17-26(22)42-29)35-12-14-36(15-13-35)28(39)19-6-4-3-5-7-19/h3-11,16-18H,12-15H2,1-2H3. The third kappa shape index (κ3) is 4.72. The van der Waals surface area contributed by atoms with Gasteiger partial charge >= 0.3 is 6.18 Å². The molecule has 2 aliphatic rings. The SMILES string of the molecule is CC1(C)Oc2cc(N3CCN(C(=O)c4ccccc4)CC3)c([N+](=O)[O-])cc2-c2c1cnn2-c1ccc(C(F)(F)F)cc1. The molecule has 0 bridgehead atoms. The van der Waals surface area contributed by atoms with Crippen molar-refractivity contribution in [1.82, 2.24) is 14.7 Å². The highest BCUT2D eigenvalue weighted by atomic mass is 19.4. The highest BCUT2D eigenvalue weighted by Crippen LogP contribution is 2.49. The fraction of sp³-hybridized carbons (Fsp3) is 0.267. The molecule has 9 nitrogen and oxygen atoms in total. The second-order valence-electron chi connectivity index (χ2n) is 10.7. The van der Waals surface area contributed by atoms with Crippen LogP contribution in [0.2, 0.25) is 0 Å². The van der Waals surface area contributed by atoms with Crippen LogP contribution in [0.4, 0.5) is 24.5 Å². The molecule has 1 fully saturated rings. The molecule has 12 heteroatoms. The molecule has 1 amide bonds. The van der Waals surface area contributed by atoms with E-state index in [0.29, 0.717) is 65.7 Å². The van der Waals surface area contributed by atoms with Gasteiger partial charge in [-0.2, -0.15) is 18.3 Å². The summed E-state index contributed by atoms with van der Waals surface area (Å²) >= 11 is 0. The van der Waals surface area contributed by atoms with Gasteiger partial charge in [0.25, 0.3) is 11.6 Å². The summed E-state index contributed by atoms with van der Waals surface area (Å²) in [6, 6.07) is 16.6. The summed E-state index contributed by atoms with van der Waals surface area (Å²) in [6.45, 7) is 5.22. The van der Waals surface area contributed by atoms with Gasteiger partial charge in [-0.3, -0.25) is 14.9 Å². The lowest BCUT2D eigenvalue weighted by Gasteiger charge is -2.37. The molecule has 0 unspecified atom stereocenters. The van der Waals surface area contributed by atoms with Crippen molar-refractivity contribution in [3.63, 3.8) is 0 Å². The zero-order valence-electron chi connectivity index (χ0n) is 22.8. The molecule has 42 heavy (non-hydrogen) atoms. The van der Waals surface area contributed by atoms with Crippen LogP contribution in [0.1, 0.15) is 35.3 Å². The van der Waals surface area contributed by atoms with E-state index in [0.717, 1.165) is 12.1 Å². The van der Waals surface area contributed by atoms with Gasteiger partial charge in [0.1, 0.15) is 17.0 Å². The number of amides is 1. The predicted molar refractivity (Wildman–Crippen MR) is 149 cm³/mol. The van der Waals surface area contributed by atoms with E-state index in [1.807, 2.05) is 24.8 Å². The number of halogens is 3. The first-order chi connectivity index (χ1) is 19.9. The van der Waals surface area contributed by atoms with Gasteiger partial charge in [0, 0.05) is 55.0 Å². The van der Waals surface area contributed by atoms with Crippen molar-refractivity contribution in [2.24, 2.45) is 0 Å². The Labute approximate surface area is 238 Å². The van der Waals surface area contributed by atoms with Crippen LogP contribution in [0.25, 0.3) is 16.9 Å². The van der Waals surface area contributed by atoms with Crippen molar-refractivity contribution < 1.29 is 27.6 Å². The van der Waals surface area contributed by atoms with Crippen molar-refractivity contribution >= 4 is 17.3 Å². The summed E-state index contributed by atoms with van der Waals surface area (Å²) in [5.74, 6) is 0.300. The van der Waals surface area contributed by atoms with Crippen LogP contribution in [-0.2, 0) is 11.8 Å². The van der Waals surface area contributed by atoms with Crippen molar-refractivity contribution in [1.29, 1.82) is 0 Å². The number of ether oxygens (including phenoxy) is 1. The van der Waals surface area contributed by atoms with E-state index in [9.17, 15) is 28.1 Å². The average Bonchev–Trinajstić information content (AvgIpc) is 3.43. The van der Waals surface area contributed by atoms with Crippen molar-refractivity contribution in [3.05, 3.63) is 99.7 Å². The van der Waals surface area contributed by atoms with Gasteiger partial charge in [-0.05, 0) is 50.2 Å². The minimum atomic E-state index is -4.48. The van der Waals surface area contributed by atoms with E-state index in [4.69, 9.17) is 4.74 Å². The maximum absolute atomic E-state index is 13.2. The molecular weight excluding hydrogens is 551 g/mol. The minimum Gasteiger partial charge on any atom is -0.482 e. The molecule has 1 saturated heterocycles. The van der Waals surface area contributed by atoms with E-state index in [-0.39, 0.29) is 11.6 Å². The smallest absolute Gasteiger partial charge is 0.416 e. The molecule has 3 aromatic carbocycles. The van der Waals surface area contributed by atoms with Gasteiger partial charge in [-0.1, -0.05) is 18.2 Å². The van der Waals surface area contributed by atoms with Gasteiger partial charge in [0.15, 0.2) is 0 Å². The molecule has 0 atom stereocenters. The number of nitro benzene ring substituents is 1. The molecule has 4 aromatic rings. The van der Waals surface area contributed by atoms with Gasteiger partial charge in [0.05, 0.1) is 28.1 Å². The predicted octanol–water partition coefficient (Wildman–Crippen LogP) is 6.06. The van der Waals surface area contributed by atoms with Gasteiger partial charge in [0.2, 0.25) is 0 Å². The minimum absolute atomic E-state index is 0.0932. The fourth-order valence-corrected chi connectivity index (χ4v) is 5.51. The number of anilines is 1. The Hall–Kier alpha value is -4.87. The molecule has 0 saturated carbocycles. The summed E-state index contributed by atoms with van der Waals surface area (Å²) in [7, 11) is 0. The monoisotopic (exact) mass is 577 g/mol. The summed E-state index contributed by atoms with van der Waals surface area (Å²) in [6.07, 6.45) is -2.92. The van der Waals surface area contributed by atoms with E-state index >= 15 is 0 Å². The number of hydrogen-bond donors (Lipinski definition) is 0. The number of aromatic nitrogens is 2. The zero-order valence-corrected chi connectivity index (χ0v) is 22.8. The lowest BCUT2D eigenvalue weighted by atomic mass is 9.90. The lowest BCUT2D eigenvalue weighted by molar-refractivity contribution is -0.384. The Morgan fingerprint density at radius 2 is 1.67 bits per heavy atom. The molecule has 0 radical (unpaired) electrons. The summed E-state index contributed by atoms with van der Waals surface area (Å²) in [5, 5.41) is 16.7. The van der Waals surface area contributed by atoms with Crippen molar-refractivity contribution in [2.75, 3.05) is 31.1 Å². The number of rotatable bonds is 4. The van der Waals surface area contributed by atoms with E-state index in [1.165, 1.54) is 22.9 Å². The molecule has 1 aromatic heterocycles. The van der Waals surface area contributed by atoms with Crippen molar-refractivity contribution in [3.8, 4) is 22.7 Å². The quantitative estimate of drug-likeness (QED) is 0.216. The molecule has 0 aliphatic carbocycles. The van der Waals surface area contributed by atoms with Crippen molar-refractivity contribution in [2.45, 2.75) is 25.6 Å². The fourth-order valence-electron chi connectivity index (χ4n) is 5.51. The maximum Gasteiger partial charge on any atom is 0.416 e. The van der Waals surface area contributed by atoms with Crippen LogP contribution in [0.5, 0.6) is 5.75 Å². The topological polar surface area (TPSA) is 93.7 Å².